The van der Waals surface area contributed by atoms with E-state index in [4.69, 9.17) is 5.73 Å². The zero-order valence-corrected chi connectivity index (χ0v) is 13.3. The minimum Gasteiger partial charge on any atom is -0.366 e. The molecule has 1 aromatic carbocycles. The molecule has 0 atom stereocenters. The molecule has 1 heterocycles. The molecular formula is C14H15N3O2S2. The number of nitrogens with one attached hydrogen (secondary N) is 1. The SMILES string of the molecule is CSc1nc(C)c(CC(=O)Nc2ccc(C(N)=O)cc2)s1. The molecule has 0 aliphatic heterocycles. The average Bonchev–Trinajstić information content (AvgIpc) is 2.80. The van der Waals surface area contributed by atoms with Crippen molar-refractivity contribution in [3.8, 4) is 0 Å². The van der Waals surface area contributed by atoms with Gasteiger partial charge in [0.05, 0.1) is 12.1 Å². The van der Waals surface area contributed by atoms with Gasteiger partial charge in [-0.3, -0.25) is 9.59 Å². The molecule has 0 saturated heterocycles. The summed E-state index contributed by atoms with van der Waals surface area (Å²) in [6.45, 7) is 1.90. The molecule has 0 aliphatic rings. The Kier molecular flexibility index (Phi) is 4.98. The van der Waals surface area contributed by atoms with E-state index in [-0.39, 0.29) is 5.91 Å². The Morgan fingerprint density at radius 3 is 2.52 bits per heavy atom. The van der Waals surface area contributed by atoms with Crippen LogP contribution in [0.1, 0.15) is 20.9 Å². The number of nitrogens with zero attached hydrogens (tertiary/aromatic N) is 1. The molecule has 2 aromatic rings. The number of benzene rings is 1. The van der Waals surface area contributed by atoms with E-state index in [0.29, 0.717) is 17.7 Å². The third-order valence-corrected chi connectivity index (χ3v) is 4.96. The fraction of sp³-hybridized carbons (Fsp3) is 0.214. The number of carbonyl (C=O) groups excluding carboxylic acids is 2. The molecule has 0 saturated carbocycles. The summed E-state index contributed by atoms with van der Waals surface area (Å²) in [5, 5.41) is 2.79. The summed E-state index contributed by atoms with van der Waals surface area (Å²) in [6.07, 6.45) is 2.25. The highest BCUT2D eigenvalue weighted by molar-refractivity contribution is 8.00. The molecule has 0 spiro atoms. The van der Waals surface area contributed by atoms with E-state index in [0.717, 1.165) is 14.9 Å². The molecule has 7 heteroatoms. The third-order valence-electron chi connectivity index (χ3n) is 2.82. The van der Waals surface area contributed by atoms with Gasteiger partial charge < -0.3 is 11.1 Å². The molecule has 0 unspecified atom stereocenters. The number of hydrogen-bond donors (Lipinski definition) is 2. The lowest BCUT2D eigenvalue weighted by Gasteiger charge is -2.05. The van der Waals surface area contributed by atoms with E-state index in [1.54, 1.807) is 36.0 Å². The first kappa shape index (κ1) is 15.5. The number of nitrogens with two attached hydrogens (primary N) is 1. The summed E-state index contributed by atoms with van der Waals surface area (Å²) in [7, 11) is 0. The molecule has 1 aromatic heterocycles. The molecule has 21 heavy (non-hydrogen) atoms. The van der Waals surface area contributed by atoms with Crippen LogP contribution in [0, 0.1) is 6.92 Å². The topological polar surface area (TPSA) is 85.1 Å². The first-order valence-electron chi connectivity index (χ1n) is 6.19. The highest BCUT2D eigenvalue weighted by Crippen LogP contribution is 2.25. The van der Waals surface area contributed by atoms with Gasteiger partial charge in [0.2, 0.25) is 11.8 Å². The lowest BCUT2D eigenvalue weighted by Crippen LogP contribution is -2.15. The quantitative estimate of drug-likeness (QED) is 0.828. The minimum atomic E-state index is -0.488. The first-order valence-corrected chi connectivity index (χ1v) is 8.23. The Bertz CT molecular complexity index is 665. The van der Waals surface area contributed by atoms with Crippen LogP contribution in [0.5, 0.6) is 0 Å². The van der Waals surface area contributed by atoms with Crippen molar-refractivity contribution >= 4 is 40.6 Å². The van der Waals surface area contributed by atoms with Gasteiger partial charge in [0.15, 0.2) is 0 Å². The van der Waals surface area contributed by atoms with Gasteiger partial charge >= 0.3 is 0 Å². The summed E-state index contributed by atoms with van der Waals surface area (Å²) in [6, 6.07) is 6.49. The second-order valence-corrected chi connectivity index (χ2v) is 6.50. The second-order valence-electron chi connectivity index (χ2n) is 4.36. The number of anilines is 1. The summed E-state index contributed by atoms with van der Waals surface area (Å²) < 4.78 is 0.959. The summed E-state index contributed by atoms with van der Waals surface area (Å²) in [5.41, 5.74) is 7.11. The Labute approximate surface area is 131 Å². The van der Waals surface area contributed by atoms with E-state index in [1.807, 2.05) is 13.2 Å². The maximum Gasteiger partial charge on any atom is 0.248 e. The molecule has 0 bridgehead atoms. The Morgan fingerprint density at radius 2 is 2.00 bits per heavy atom. The number of primary amides is 1. The van der Waals surface area contributed by atoms with Crippen LogP contribution in [-0.2, 0) is 11.2 Å². The number of amides is 2. The van der Waals surface area contributed by atoms with Gasteiger partial charge in [-0.05, 0) is 37.4 Å². The van der Waals surface area contributed by atoms with Crippen LogP contribution in [0.25, 0.3) is 0 Å². The number of rotatable bonds is 5. The molecule has 0 fully saturated rings. The molecule has 3 N–H and O–H groups in total. The van der Waals surface area contributed by atoms with Crippen molar-refractivity contribution in [2.24, 2.45) is 5.73 Å². The number of thiazole rings is 1. The summed E-state index contributed by atoms with van der Waals surface area (Å²) in [5.74, 6) is -0.598. The molecule has 110 valence electrons. The van der Waals surface area contributed by atoms with Crippen molar-refractivity contribution in [1.82, 2.24) is 4.98 Å². The van der Waals surface area contributed by atoms with Crippen LogP contribution < -0.4 is 11.1 Å². The normalized spacial score (nSPS) is 10.4. The van der Waals surface area contributed by atoms with Gasteiger partial charge in [-0.25, -0.2) is 4.98 Å². The fourth-order valence-electron chi connectivity index (χ4n) is 1.72. The molecule has 2 amide bonds. The lowest BCUT2D eigenvalue weighted by atomic mass is 10.2. The van der Waals surface area contributed by atoms with Gasteiger partial charge in [0.25, 0.3) is 0 Å². The smallest absolute Gasteiger partial charge is 0.248 e. The minimum absolute atomic E-state index is 0.110. The Hall–Kier alpha value is -1.86. The predicted octanol–water partition coefficient (Wildman–Crippen LogP) is 2.45. The fourth-order valence-corrected chi connectivity index (χ4v) is 3.37. The number of thioether (sulfide) groups is 1. The van der Waals surface area contributed by atoms with Crippen molar-refractivity contribution in [3.05, 3.63) is 40.4 Å². The van der Waals surface area contributed by atoms with Crippen LogP contribution in [0.15, 0.2) is 28.6 Å². The van der Waals surface area contributed by atoms with E-state index in [1.165, 1.54) is 11.3 Å². The molecule has 0 radical (unpaired) electrons. The van der Waals surface area contributed by atoms with Crippen LogP contribution >= 0.6 is 23.1 Å². The van der Waals surface area contributed by atoms with Crippen molar-refractivity contribution in [2.45, 2.75) is 17.7 Å². The number of hydrogen-bond acceptors (Lipinski definition) is 5. The number of carbonyl (C=O) groups is 2. The highest BCUT2D eigenvalue weighted by atomic mass is 32.2. The Morgan fingerprint density at radius 1 is 1.33 bits per heavy atom. The largest absolute Gasteiger partial charge is 0.366 e. The molecule has 5 nitrogen and oxygen atoms in total. The maximum atomic E-state index is 12.0. The van der Waals surface area contributed by atoms with Gasteiger partial charge in [-0.15, -0.1) is 11.3 Å². The average molecular weight is 321 g/mol. The summed E-state index contributed by atoms with van der Waals surface area (Å²) >= 11 is 3.11. The van der Waals surface area contributed by atoms with Gasteiger partial charge in [-0.1, -0.05) is 11.8 Å². The van der Waals surface area contributed by atoms with Crippen LogP contribution in [0.3, 0.4) is 0 Å². The van der Waals surface area contributed by atoms with E-state index in [2.05, 4.69) is 10.3 Å². The van der Waals surface area contributed by atoms with Gasteiger partial charge in [0, 0.05) is 16.1 Å². The standard InChI is InChI=1S/C14H15N3O2S2/c1-8-11(21-14(16-8)20-2)7-12(18)17-10-5-3-9(4-6-10)13(15)19/h3-6H,7H2,1-2H3,(H2,15,19)(H,17,18). The van der Waals surface area contributed by atoms with Crippen molar-refractivity contribution in [2.75, 3.05) is 11.6 Å². The maximum absolute atomic E-state index is 12.0. The second kappa shape index (κ2) is 6.73. The third kappa shape index (κ3) is 4.05. The van der Waals surface area contributed by atoms with Crippen LogP contribution in [0.4, 0.5) is 5.69 Å². The van der Waals surface area contributed by atoms with Crippen LogP contribution in [-0.4, -0.2) is 23.1 Å². The van der Waals surface area contributed by atoms with E-state index in [9.17, 15) is 9.59 Å². The highest BCUT2D eigenvalue weighted by Gasteiger charge is 2.12. The van der Waals surface area contributed by atoms with Crippen molar-refractivity contribution in [1.29, 1.82) is 0 Å². The van der Waals surface area contributed by atoms with Gasteiger partial charge in [-0.2, -0.15) is 0 Å². The van der Waals surface area contributed by atoms with E-state index < -0.39 is 5.91 Å². The van der Waals surface area contributed by atoms with Gasteiger partial charge in [0.1, 0.15) is 4.34 Å². The zero-order chi connectivity index (χ0) is 15.4. The van der Waals surface area contributed by atoms with E-state index >= 15 is 0 Å². The molecule has 0 aliphatic carbocycles. The number of aryl methyl sites for hydroxylation is 1. The Balaban J connectivity index is 2.00. The monoisotopic (exact) mass is 321 g/mol. The lowest BCUT2D eigenvalue weighted by molar-refractivity contribution is -0.115. The van der Waals surface area contributed by atoms with Crippen LogP contribution in [0.2, 0.25) is 0 Å². The number of aromatic nitrogens is 1. The summed E-state index contributed by atoms with van der Waals surface area (Å²) in [4.78, 5) is 28.3. The van der Waals surface area contributed by atoms with Crippen molar-refractivity contribution < 1.29 is 9.59 Å². The first-order chi connectivity index (χ1) is 9.99. The van der Waals surface area contributed by atoms with Crippen molar-refractivity contribution in [3.63, 3.8) is 0 Å². The molecule has 2 rings (SSSR count). The molecular weight excluding hydrogens is 306 g/mol. The predicted molar refractivity (Wildman–Crippen MR) is 85.9 cm³/mol. The zero-order valence-electron chi connectivity index (χ0n) is 11.7.